The summed E-state index contributed by atoms with van der Waals surface area (Å²) in [6.07, 6.45) is 1.87. The molecule has 5 nitrogen and oxygen atoms in total. The lowest BCUT2D eigenvalue weighted by atomic mass is 9.83. The van der Waals surface area contributed by atoms with Gasteiger partial charge in [0.1, 0.15) is 5.54 Å². The van der Waals surface area contributed by atoms with Gasteiger partial charge in [-0.05, 0) is 55.9 Å². The van der Waals surface area contributed by atoms with Gasteiger partial charge in [0.05, 0.1) is 20.8 Å². The molecule has 1 unspecified atom stereocenters. The summed E-state index contributed by atoms with van der Waals surface area (Å²) in [5.41, 5.74) is 7.04. The minimum absolute atomic E-state index is 0.119. The molecule has 1 aliphatic carbocycles. The zero-order valence-electron chi connectivity index (χ0n) is 13.1. The summed E-state index contributed by atoms with van der Waals surface area (Å²) in [6.45, 7) is 4.02. The fourth-order valence-electron chi connectivity index (χ4n) is 2.71. The Morgan fingerprint density at radius 1 is 1.29 bits per heavy atom. The number of aryl methyl sites for hydroxylation is 1. The molecule has 21 heavy (non-hydrogen) atoms. The van der Waals surface area contributed by atoms with Crippen LogP contribution in [0.5, 0.6) is 11.5 Å². The molecule has 0 bridgehead atoms. The van der Waals surface area contributed by atoms with E-state index in [0.717, 1.165) is 24.0 Å². The summed E-state index contributed by atoms with van der Waals surface area (Å²) in [4.78, 5) is 12.4. The highest BCUT2D eigenvalue weighted by Crippen LogP contribution is 2.47. The van der Waals surface area contributed by atoms with Crippen LogP contribution in [0, 0.1) is 12.8 Å². The number of hydrogen-bond acceptors (Lipinski definition) is 5. The Bertz CT molecular complexity index is 539. The van der Waals surface area contributed by atoms with Crippen LogP contribution in [-0.4, -0.2) is 26.8 Å². The van der Waals surface area contributed by atoms with E-state index in [0.29, 0.717) is 18.1 Å². The predicted molar refractivity (Wildman–Crippen MR) is 79.5 cm³/mol. The highest BCUT2D eigenvalue weighted by atomic mass is 16.5. The summed E-state index contributed by atoms with van der Waals surface area (Å²) < 4.78 is 15.8. The Kier molecular flexibility index (Phi) is 4.42. The van der Waals surface area contributed by atoms with Crippen molar-refractivity contribution in [3.63, 3.8) is 0 Å². The molecule has 0 aliphatic heterocycles. The molecule has 5 heteroatoms. The number of carbonyl (C=O) groups excluding carboxylic acids is 1. The molecular weight excluding hydrogens is 270 g/mol. The van der Waals surface area contributed by atoms with Crippen molar-refractivity contribution >= 4 is 5.97 Å². The smallest absolute Gasteiger partial charge is 0.331 e. The van der Waals surface area contributed by atoms with E-state index in [1.807, 2.05) is 13.0 Å². The molecular formula is C16H23NO4. The van der Waals surface area contributed by atoms with Gasteiger partial charge >= 0.3 is 5.97 Å². The first kappa shape index (κ1) is 15.6. The highest BCUT2D eigenvalue weighted by Gasteiger charge is 2.51. The van der Waals surface area contributed by atoms with Crippen LogP contribution >= 0.6 is 0 Å². The molecule has 0 aromatic heterocycles. The van der Waals surface area contributed by atoms with E-state index >= 15 is 0 Å². The van der Waals surface area contributed by atoms with Crippen molar-refractivity contribution in [2.75, 3.05) is 20.8 Å². The zero-order chi connectivity index (χ0) is 15.6. The summed E-state index contributed by atoms with van der Waals surface area (Å²) >= 11 is 0. The number of hydrogen-bond donors (Lipinski definition) is 1. The van der Waals surface area contributed by atoms with Gasteiger partial charge in [-0.15, -0.1) is 0 Å². The average Bonchev–Trinajstić information content (AvgIpc) is 3.31. The molecule has 1 saturated carbocycles. The lowest BCUT2D eigenvalue weighted by Crippen LogP contribution is -2.48. The summed E-state index contributed by atoms with van der Waals surface area (Å²) in [7, 11) is 3.15. The molecule has 1 aromatic carbocycles. The van der Waals surface area contributed by atoms with E-state index in [-0.39, 0.29) is 11.9 Å². The maximum absolute atomic E-state index is 12.4. The first-order chi connectivity index (χ1) is 9.98. The van der Waals surface area contributed by atoms with Gasteiger partial charge in [0.25, 0.3) is 0 Å². The molecule has 0 saturated heterocycles. The Morgan fingerprint density at radius 2 is 1.86 bits per heavy atom. The number of carbonyl (C=O) groups is 1. The van der Waals surface area contributed by atoms with Crippen molar-refractivity contribution in [2.45, 2.75) is 32.2 Å². The summed E-state index contributed by atoms with van der Waals surface area (Å²) in [6, 6.07) is 3.64. The fourth-order valence-corrected chi connectivity index (χ4v) is 2.71. The number of methoxy groups -OCH3 is 2. The van der Waals surface area contributed by atoms with Gasteiger partial charge < -0.3 is 19.9 Å². The minimum Gasteiger partial charge on any atom is -0.493 e. The van der Waals surface area contributed by atoms with Gasteiger partial charge in [0.2, 0.25) is 0 Å². The quantitative estimate of drug-likeness (QED) is 0.814. The Balaban J connectivity index is 2.52. The van der Waals surface area contributed by atoms with Crippen LogP contribution in [0.25, 0.3) is 0 Å². The molecule has 0 radical (unpaired) electrons. The predicted octanol–water partition coefficient (Wildman–Crippen LogP) is 2.14. The maximum atomic E-state index is 12.4. The lowest BCUT2D eigenvalue weighted by Gasteiger charge is -2.29. The van der Waals surface area contributed by atoms with Crippen molar-refractivity contribution in [2.24, 2.45) is 11.7 Å². The van der Waals surface area contributed by atoms with Crippen LogP contribution in [0.4, 0.5) is 0 Å². The van der Waals surface area contributed by atoms with E-state index in [9.17, 15) is 4.79 Å². The van der Waals surface area contributed by atoms with E-state index in [4.69, 9.17) is 19.9 Å². The number of nitrogens with two attached hydrogens (primary N) is 1. The highest BCUT2D eigenvalue weighted by molar-refractivity contribution is 5.84. The molecule has 0 heterocycles. The van der Waals surface area contributed by atoms with Crippen molar-refractivity contribution in [3.8, 4) is 11.5 Å². The number of esters is 1. The van der Waals surface area contributed by atoms with Crippen LogP contribution in [0.2, 0.25) is 0 Å². The van der Waals surface area contributed by atoms with Gasteiger partial charge in [-0.25, -0.2) is 4.79 Å². The summed E-state index contributed by atoms with van der Waals surface area (Å²) in [5, 5.41) is 0. The third kappa shape index (κ3) is 2.70. The third-order valence-corrected chi connectivity index (χ3v) is 4.01. The molecule has 0 amide bonds. The molecule has 1 fully saturated rings. The molecule has 1 aromatic rings. The number of rotatable bonds is 6. The number of benzene rings is 1. The van der Waals surface area contributed by atoms with Crippen LogP contribution < -0.4 is 15.2 Å². The van der Waals surface area contributed by atoms with Crippen molar-refractivity contribution < 1.29 is 19.0 Å². The van der Waals surface area contributed by atoms with Gasteiger partial charge in [-0.1, -0.05) is 0 Å². The molecule has 1 atom stereocenters. The SMILES string of the molecule is CCOC(=O)C(N)(c1cc(OC)c(OC)cc1C)C1CC1. The second kappa shape index (κ2) is 5.93. The Labute approximate surface area is 125 Å². The van der Waals surface area contributed by atoms with Crippen LogP contribution in [0.3, 0.4) is 0 Å². The van der Waals surface area contributed by atoms with E-state index in [1.54, 1.807) is 27.2 Å². The van der Waals surface area contributed by atoms with Gasteiger partial charge in [0.15, 0.2) is 11.5 Å². The second-order valence-corrected chi connectivity index (χ2v) is 5.39. The zero-order valence-corrected chi connectivity index (χ0v) is 13.1. The molecule has 116 valence electrons. The Morgan fingerprint density at radius 3 is 2.33 bits per heavy atom. The van der Waals surface area contributed by atoms with Crippen molar-refractivity contribution in [3.05, 3.63) is 23.3 Å². The average molecular weight is 293 g/mol. The van der Waals surface area contributed by atoms with Crippen molar-refractivity contribution in [1.29, 1.82) is 0 Å². The van der Waals surface area contributed by atoms with Crippen LogP contribution in [0.15, 0.2) is 12.1 Å². The van der Waals surface area contributed by atoms with E-state index in [1.165, 1.54) is 0 Å². The molecule has 2 N–H and O–H groups in total. The molecule has 2 rings (SSSR count). The van der Waals surface area contributed by atoms with Crippen molar-refractivity contribution in [1.82, 2.24) is 0 Å². The second-order valence-electron chi connectivity index (χ2n) is 5.39. The fraction of sp³-hybridized carbons (Fsp3) is 0.562. The monoisotopic (exact) mass is 293 g/mol. The number of ether oxygens (including phenoxy) is 3. The minimum atomic E-state index is -1.11. The first-order valence-electron chi connectivity index (χ1n) is 7.18. The standard InChI is InChI=1S/C16H23NO4/c1-5-21-15(18)16(17,11-6-7-11)12-9-14(20-4)13(19-3)8-10(12)2/h8-9,11H,5-7,17H2,1-4H3. The van der Waals surface area contributed by atoms with Gasteiger partial charge in [-0.2, -0.15) is 0 Å². The molecule has 0 spiro atoms. The van der Waals surface area contributed by atoms with E-state index < -0.39 is 5.54 Å². The van der Waals surface area contributed by atoms with Crippen LogP contribution in [-0.2, 0) is 15.1 Å². The van der Waals surface area contributed by atoms with Crippen LogP contribution in [0.1, 0.15) is 30.9 Å². The maximum Gasteiger partial charge on any atom is 0.331 e. The Hall–Kier alpha value is -1.75. The lowest BCUT2D eigenvalue weighted by molar-refractivity contribution is -0.151. The molecule has 1 aliphatic rings. The normalized spacial score (nSPS) is 17.0. The largest absolute Gasteiger partial charge is 0.493 e. The van der Waals surface area contributed by atoms with Gasteiger partial charge in [-0.3, -0.25) is 0 Å². The first-order valence-corrected chi connectivity index (χ1v) is 7.18. The topological polar surface area (TPSA) is 70.8 Å². The summed E-state index contributed by atoms with van der Waals surface area (Å²) in [5.74, 6) is 0.940. The van der Waals surface area contributed by atoms with Gasteiger partial charge in [0, 0.05) is 0 Å². The third-order valence-electron chi connectivity index (χ3n) is 4.01. The van der Waals surface area contributed by atoms with E-state index in [2.05, 4.69) is 0 Å².